The first-order chi connectivity index (χ1) is 8.23. The third-order valence-electron chi connectivity index (χ3n) is 4.11. The van der Waals surface area contributed by atoms with Crippen LogP contribution in [0.2, 0.25) is 0 Å². The van der Waals surface area contributed by atoms with Crippen LogP contribution in [0.3, 0.4) is 0 Å². The fraction of sp³-hybridized carbons (Fsp3) is 0.846. The van der Waals surface area contributed by atoms with Crippen molar-refractivity contribution < 1.29 is 5.11 Å². The Labute approximate surface area is 113 Å². The van der Waals surface area contributed by atoms with Gasteiger partial charge < -0.3 is 10.0 Å². The van der Waals surface area contributed by atoms with Crippen LogP contribution >= 0.6 is 11.3 Å². The molecule has 1 aliphatic rings. The Balaban J connectivity index is 2.16. The summed E-state index contributed by atoms with van der Waals surface area (Å²) in [5.74, 6) is 0.428. The second-order valence-corrected chi connectivity index (χ2v) is 7.39. The molecule has 5 heteroatoms. The molecule has 0 radical (unpaired) electrons. The number of piperidine rings is 1. The van der Waals surface area contributed by atoms with Crippen LogP contribution in [0.4, 0.5) is 5.13 Å². The molecule has 0 aromatic carbocycles. The molecule has 0 amide bonds. The van der Waals surface area contributed by atoms with E-state index >= 15 is 0 Å². The van der Waals surface area contributed by atoms with Crippen LogP contribution in [0.1, 0.15) is 52.0 Å². The van der Waals surface area contributed by atoms with Crippen LogP contribution in [-0.4, -0.2) is 34.0 Å². The van der Waals surface area contributed by atoms with Crippen molar-refractivity contribution in [3.8, 4) is 0 Å². The fourth-order valence-corrected chi connectivity index (χ4v) is 3.04. The zero-order valence-electron chi connectivity index (χ0n) is 11.9. The van der Waals surface area contributed by atoms with Crippen LogP contribution in [0.15, 0.2) is 0 Å². The zero-order valence-corrected chi connectivity index (χ0v) is 12.7. The van der Waals surface area contributed by atoms with E-state index < -0.39 is 5.60 Å². The number of rotatable bonds is 2. The number of hydrogen-bond acceptors (Lipinski definition) is 5. The Bertz CT molecular complexity index is 426. The highest BCUT2D eigenvalue weighted by molar-refractivity contribution is 7.15. The molecule has 1 aliphatic heterocycles. The van der Waals surface area contributed by atoms with E-state index in [2.05, 4.69) is 42.8 Å². The molecule has 102 valence electrons. The predicted octanol–water partition coefficient (Wildman–Crippen LogP) is 2.65. The summed E-state index contributed by atoms with van der Waals surface area (Å²) in [7, 11) is 0. The molecule has 1 N–H and O–H groups in total. The SMILES string of the molecule is CC(C)c1nnc(N2CC[C@](C)(O)C(C)(C)C2)s1. The molecule has 0 bridgehead atoms. The molecule has 2 rings (SSSR count). The molecule has 1 aromatic rings. The van der Waals surface area contributed by atoms with Crippen LogP contribution < -0.4 is 4.90 Å². The number of hydrogen-bond donors (Lipinski definition) is 1. The van der Waals surface area contributed by atoms with Crippen LogP contribution in [0.25, 0.3) is 0 Å². The summed E-state index contributed by atoms with van der Waals surface area (Å²) in [6, 6.07) is 0. The third-order valence-corrected chi connectivity index (χ3v) is 5.39. The number of nitrogens with zero attached hydrogens (tertiary/aromatic N) is 3. The number of aliphatic hydroxyl groups is 1. The predicted molar refractivity (Wildman–Crippen MR) is 75.2 cm³/mol. The average Bonchev–Trinajstić information content (AvgIpc) is 2.71. The van der Waals surface area contributed by atoms with Gasteiger partial charge in [-0.3, -0.25) is 0 Å². The van der Waals surface area contributed by atoms with Gasteiger partial charge in [0, 0.05) is 24.4 Å². The topological polar surface area (TPSA) is 49.2 Å². The van der Waals surface area contributed by atoms with Gasteiger partial charge in [0.2, 0.25) is 5.13 Å². The molecule has 2 heterocycles. The van der Waals surface area contributed by atoms with E-state index in [1.807, 2.05) is 6.92 Å². The van der Waals surface area contributed by atoms with Crippen molar-refractivity contribution in [3.63, 3.8) is 0 Å². The van der Waals surface area contributed by atoms with E-state index in [9.17, 15) is 5.11 Å². The van der Waals surface area contributed by atoms with Crippen molar-refractivity contribution in [2.24, 2.45) is 5.41 Å². The fourth-order valence-electron chi connectivity index (χ4n) is 2.17. The molecule has 0 spiro atoms. The van der Waals surface area contributed by atoms with Gasteiger partial charge in [-0.1, -0.05) is 39.0 Å². The van der Waals surface area contributed by atoms with E-state index in [0.717, 1.165) is 29.6 Å². The minimum Gasteiger partial charge on any atom is -0.389 e. The van der Waals surface area contributed by atoms with Crippen molar-refractivity contribution in [3.05, 3.63) is 5.01 Å². The Morgan fingerprint density at radius 1 is 1.28 bits per heavy atom. The summed E-state index contributed by atoms with van der Waals surface area (Å²) in [6.07, 6.45) is 0.774. The Hall–Kier alpha value is -0.680. The lowest BCUT2D eigenvalue weighted by molar-refractivity contribution is -0.0649. The zero-order chi connectivity index (χ0) is 13.6. The molecular formula is C13H23N3OS. The van der Waals surface area contributed by atoms with Gasteiger partial charge in [-0.2, -0.15) is 0 Å². The van der Waals surface area contributed by atoms with E-state index in [-0.39, 0.29) is 5.41 Å². The Kier molecular flexibility index (Phi) is 3.40. The van der Waals surface area contributed by atoms with Gasteiger partial charge in [-0.15, -0.1) is 10.2 Å². The van der Waals surface area contributed by atoms with Crippen LogP contribution in [0.5, 0.6) is 0 Å². The molecule has 1 atom stereocenters. The quantitative estimate of drug-likeness (QED) is 0.896. The maximum Gasteiger partial charge on any atom is 0.208 e. The van der Waals surface area contributed by atoms with Gasteiger partial charge in [0.25, 0.3) is 0 Å². The summed E-state index contributed by atoms with van der Waals surface area (Å²) in [5, 5.41) is 21.0. The molecule has 4 nitrogen and oxygen atoms in total. The molecule has 0 unspecified atom stereocenters. The first-order valence-electron chi connectivity index (χ1n) is 6.54. The standard InChI is InChI=1S/C13H23N3OS/c1-9(2)10-14-15-11(18-10)16-7-6-13(5,17)12(3,4)8-16/h9,17H,6-8H2,1-5H3/t13-/m0/s1. The second-order valence-electron chi connectivity index (χ2n) is 6.41. The molecule has 0 aliphatic carbocycles. The summed E-state index contributed by atoms with van der Waals surface area (Å²) in [5.41, 5.74) is -0.732. The summed E-state index contributed by atoms with van der Waals surface area (Å²) in [4.78, 5) is 2.25. The number of aromatic nitrogens is 2. The Morgan fingerprint density at radius 3 is 2.44 bits per heavy atom. The maximum atomic E-state index is 10.4. The van der Waals surface area contributed by atoms with Crippen molar-refractivity contribution in [2.75, 3.05) is 18.0 Å². The van der Waals surface area contributed by atoms with Crippen LogP contribution in [0, 0.1) is 5.41 Å². The smallest absolute Gasteiger partial charge is 0.208 e. The molecule has 18 heavy (non-hydrogen) atoms. The highest BCUT2D eigenvalue weighted by atomic mass is 32.1. The molecule has 1 saturated heterocycles. The Morgan fingerprint density at radius 2 is 1.94 bits per heavy atom. The van der Waals surface area contributed by atoms with Crippen molar-refractivity contribution in [1.82, 2.24) is 10.2 Å². The minimum atomic E-state index is -0.602. The van der Waals surface area contributed by atoms with E-state index in [1.54, 1.807) is 11.3 Å². The first kappa shape index (κ1) is 13.7. The van der Waals surface area contributed by atoms with Crippen molar-refractivity contribution in [2.45, 2.75) is 52.6 Å². The normalized spacial score (nSPS) is 27.8. The largest absolute Gasteiger partial charge is 0.389 e. The first-order valence-corrected chi connectivity index (χ1v) is 7.35. The lowest BCUT2D eigenvalue weighted by Crippen LogP contribution is -2.55. The van der Waals surface area contributed by atoms with Gasteiger partial charge in [0.15, 0.2) is 0 Å². The van der Waals surface area contributed by atoms with Gasteiger partial charge in [0.05, 0.1) is 5.60 Å². The lowest BCUT2D eigenvalue weighted by Gasteiger charge is -2.48. The second kappa shape index (κ2) is 4.46. The highest BCUT2D eigenvalue weighted by Gasteiger charge is 2.44. The van der Waals surface area contributed by atoms with Crippen molar-refractivity contribution >= 4 is 16.5 Å². The molecule has 1 fully saturated rings. The maximum absolute atomic E-state index is 10.4. The lowest BCUT2D eigenvalue weighted by atomic mass is 9.71. The third kappa shape index (κ3) is 2.38. The number of anilines is 1. The summed E-state index contributed by atoms with van der Waals surface area (Å²) < 4.78 is 0. The summed E-state index contributed by atoms with van der Waals surface area (Å²) in [6.45, 7) is 12.1. The van der Waals surface area contributed by atoms with Gasteiger partial charge in [-0.05, 0) is 13.3 Å². The van der Waals surface area contributed by atoms with E-state index in [1.165, 1.54) is 0 Å². The van der Waals surface area contributed by atoms with Gasteiger partial charge in [0.1, 0.15) is 5.01 Å². The average molecular weight is 269 g/mol. The summed E-state index contributed by atoms with van der Waals surface area (Å²) >= 11 is 1.67. The van der Waals surface area contributed by atoms with E-state index in [0.29, 0.717) is 5.92 Å². The van der Waals surface area contributed by atoms with Gasteiger partial charge in [-0.25, -0.2) is 0 Å². The highest BCUT2D eigenvalue weighted by Crippen LogP contribution is 2.40. The molecular weight excluding hydrogens is 246 g/mol. The molecule has 1 aromatic heterocycles. The van der Waals surface area contributed by atoms with Gasteiger partial charge >= 0.3 is 0 Å². The molecule has 0 saturated carbocycles. The minimum absolute atomic E-state index is 0.130. The van der Waals surface area contributed by atoms with E-state index in [4.69, 9.17) is 0 Å². The van der Waals surface area contributed by atoms with Crippen molar-refractivity contribution in [1.29, 1.82) is 0 Å². The van der Waals surface area contributed by atoms with Crippen LogP contribution in [-0.2, 0) is 0 Å². The monoisotopic (exact) mass is 269 g/mol.